The molecule has 0 aromatic heterocycles. The summed E-state index contributed by atoms with van der Waals surface area (Å²) in [6.45, 7) is 3.91. The lowest BCUT2D eigenvalue weighted by atomic mass is 9.70. The number of rotatable bonds is 5. The van der Waals surface area contributed by atoms with Gasteiger partial charge in [-0.3, -0.25) is 4.79 Å². The second-order valence-corrected chi connectivity index (χ2v) is 6.51. The summed E-state index contributed by atoms with van der Waals surface area (Å²) < 4.78 is 10.6. The molecule has 3 rings (SSSR count). The Kier molecular flexibility index (Phi) is 4.93. The molecule has 2 aromatic carbocycles. The number of carbonyl (C=O) groups is 1. The third-order valence-electron chi connectivity index (χ3n) is 5.18. The molecule has 3 heteroatoms. The lowest BCUT2D eigenvalue weighted by Crippen LogP contribution is -2.35. The van der Waals surface area contributed by atoms with Gasteiger partial charge in [0.2, 0.25) is 0 Å². The van der Waals surface area contributed by atoms with E-state index in [1.54, 1.807) is 14.2 Å². The molecule has 0 heterocycles. The molecule has 3 nitrogen and oxygen atoms in total. The van der Waals surface area contributed by atoms with Gasteiger partial charge < -0.3 is 9.47 Å². The highest BCUT2D eigenvalue weighted by Gasteiger charge is 2.41. The van der Waals surface area contributed by atoms with Crippen LogP contribution in [0.5, 0.6) is 11.5 Å². The van der Waals surface area contributed by atoms with Crippen LogP contribution in [-0.2, 0) is 11.8 Å². The summed E-state index contributed by atoms with van der Waals surface area (Å²) in [4.78, 5) is 13.6. The normalized spacial score (nSPS) is 19.7. The third-order valence-corrected chi connectivity index (χ3v) is 5.18. The van der Waals surface area contributed by atoms with E-state index in [4.69, 9.17) is 9.47 Å². The number of ether oxygens (including phenoxy) is 2. The van der Waals surface area contributed by atoms with Crippen molar-refractivity contribution in [2.75, 3.05) is 14.2 Å². The van der Waals surface area contributed by atoms with E-state index in [1.807, 2.05) is 48.5 Å². The van der Waals surface area contributed by atoms with Crippen molar-refractivity contribution >= 4 is 5.78 Å². The molecule has 0 bridgehead atoms. The Labute approximate surface area is 149 Å². The van der Waals surface area contributed by atoms with Gasteiger partial charge in [0.15, 0.2) is 5.78 Å². The van der Waals surface area contributed by atoms with Crippen molar-refractivity contribution in [2.45, 2.75) is 31.1 Å². The zero-order valence-electron chi connectivity index (χ0n) is 14.9. The van der Waals surface area contributed by atoms with E-state index in [-0.39, 0.29) is 5.78 Å². The average Bonchev–Trinajstić information content (AvgIpc) is 2.79. The predicted octanol–water partition coefficient (Wildman–Crippen LogP) is 4.74. The number of benzene rings is 2. The number of fused-ring (bicyclic) bond motifs is 1. The van der Waals surface area contributed by atoms with Crippen LogP contribution in [0.25, 0.3) is 0 Å². The van der Waals surface area contributed by atoms with Crippen LogP contribution in [0.1, 0.15) is 40.7 Å². The summed E-state index contributed by atoms with van der Waals surface area (Å²) in [6.07, 6.45) is 5.13. The van der Waals surface area contributed by atoms with E-state index in [9.17, 15) is 4.79 Å². The van der Waals surface area contributed by atoms with E-state index in [0.717, 1.165) is 47.5 Å². The van der Waals surface area contributed by atoms with Gasteiger partial charge in [0, 0.05) is 5.56 Å². The Morgan fingerprint density at radius 3 is 2.40 bits per heavy atom. The molecule has 0 N–H and O–H groups in total. The van der Waals surface area contributed by atoms with Crippen molar-refractivity contribution in [1.29, 1.82) is 0 Å². The van der Waals surface area contributed by atoms with Gasteiger partial charge in [-0.2, -0.15) is 0 Å². The number of hydrogen-bond donors (Lipinski definition) is 0. The molecule has 0 spiro atoms. The Hall–Kier alpha value is -2.55. The van der Waals surface area contributed by atoms with E-state index in [1.165, 1.54) is 0 Å². The lowest BCUT2D eigenvalue weighted by molar-refractivity contribution is 0.0877. The maximum Gasteiger partial charge on any atom is 0.173 e. The van der Waals surface area contributed by atoms with Crippen LogP contribution in [0.3, 0.4) is 0 Å². The maximum absolute atomic E-state index is 13.6. The summed E-state index contributed by atoms with van der Waals surface area (Å²) in [6, 6.07) is 13.6. The number of allylic oxidation sites excluding steroid dienone is 1. The van der Waals surface area contributed by atoms with Crippen LogP contribution in [-0.4, -0.2) is 20.0 Å². The molecule has 1 aliphatic carbocycles. The quantitative estimate of drug-likeness (QED) is 0.584. The SMILES string of the molecule is C=CCC1(c2ccc(OC)cc2)CCCc2cc(OC)ccc2C1=O. The van der Waals surface area contributed by atoms with Gasteiger partial charge in [0.25, 0.3) is 0 Å². The van der Waals surface area contributed by atoms with E-state index >= 15 is 0 Å². The van der Waals surface area contributed by atoms with Gasteiger partial charge in [-0.05, 0) is 67.1 Å². The van der Waals surface area contributed by atoms with Crippen molar-refractivity contribution in [1.82, 2.24) is 0 Å². The van der Waals surface area contributed by atoms with Crippen LogP contribution in [0.2, 0.25) is 0 Å². The molecule has 2 aromatic rings. The van der Waals surface area contributed by atoms with Crippen molar-refractivity contribution in [3.05, 3.63) is 71.8 Å². The minimum Gasteiger partial charge on any atom is -0.497 e. The minimum atomic E-state index is -0.562. The first-order chi connectivity index (χ1) is 12.1. The summed E-state index contributed by atoms with van der Waals surface area (Å²) in [5, 5.41) is 0. The predicted molar refractivity (Wildman–Crippen MR) is 99.7 cm³/mol. The topological polar surface area (TPSA) is 35.5 Å². The van der Waals surface area contributed by atoms with Crippen LogP contribution < -0.4 is 9.47 Å². The van der Waals surface area contributed by atoms with Gasteiger partial charge in [-0.1, -0.05) is 18.2 Å². The van der Waals surface area contributed by atoms with Crippen LogP contribution in [0, 0.1) is 0 Å². The van der Waals surface area contributed by atoms with Crippen molar-refractivity contribution in [2.24, 2.45) is 0 Å². The van der Waals surface area contributed by atoms with Gasteiger partial charge in [-0.25, -0.2) is 0 Å². The van der Waals surface area contributed by atoms with Gasteiger partial charge in [0.05, 0.1) is 19.6 Å². The molecule has 0 amide bonds. The zero-order chi connectivity index (χ0) is 17.9. The standard InChI is InChI=1S/C22H24O3/c1-4-13-22(17-7-9-18(24-2)10-8-17)14-5-6-16-15-19(25-3)11-12-20(16)21(22)23/h4,7-12,15H,1,5-6,13-14H2,2-3H3. The fraction of sp³-hybridized carbons (Fsp3) is 0.318. The highest BCUT2D eigenvalue weighted by molar-refractivity contribution is 6.05. The van der Waals surface area contributed by atoms with Crippen LogP contribution >= 0.6 is 0 Å². The summed E-state index contributed by atoms with van der Waals surface area (Å²) >= 11 is 0. The third kappa shape index (κ3) is 3.07. The molecule has 25 heavy (non-hydrogen) atoms. The number of ketones is 1. The second kappa shape index (κ2) is 7.14. The fourth-order valence-electron chi connectivity index (χ4n) is 3.82. The zero-order valence-corrected chi connectivity index (χ0v) is 14.9. The first kappa shape index (κ1) is 17.3. The Balaban J connectivity index is 2.11. The van der Waals surface area contributed by atoms with E-state index in [0.29, 0.717) is 6.42 Å². The molecule has 130 valence electrons. The first-order valence-corrected chi connectivity index (χ1v) is 8.62. The Bertz CT molecular complexity index is 776. The maximum atomic E-state index is 13.6. The number of methoxy groups -OCH3 is 2. The number of hydrogen-bond acceptors (Lipinski definition) is 3. The molecule has 1 aliphatic rings. The molecule has 1 atom stereocenters. The molecular weight excluding hydrogens is 312 g/mol. The van der Waals surface area contributed by atoms with Gasteiger partial charge in [0.1, 0.15) is 11.5 Å². The van der Waals surface area contributed by atoms with Crippen molar-refractivity contribution in [3.8, 4) is 11.5 Å². The number of carbonyl (C=O) groups excluding carboxylic acids is 1. The molecular formula is C22H24O3. The van der Waals surface area contributed by atoms with E-state index < -0.39 is 5.41 Å². The van der Waals surface area contributed by atoms with Gasteiger partial charge >= 0.3 is 0 Å². The molecule has 0 saturated heterocycles. The van der Waals surface area contributed by atoms with Crippen LogP contribution in [0.4, 0.5) is 0 Å². The monoisotopic (exact) mass is 336 g/mol. The fourth-order valence-corrected chi connectivity index (χ4v) is 3.82. The number of aryl methyl sites for hydroxylation is 1. The van der Waals surface area contributed by atoms with Crippen LogP contribution in [0.15, 0.2) is 55.1 Å². The summed E-state index contributed by atoms with van der Waals surface area (Å²) in [5.41, 5.74) is 2.34. The molecule has 0 radical (unpaired) electrons. The van der Waals surface area contributed by atoms with Crippen molar-refractivity contribution in [3.63, 3.8) is 0 Å². The van der Waals surface area contributed by atoms with Crippen molar-refractivity contribution < 1.29 is 14.3 Å². The molecule has 0 saturated carbocycles. The van der Waals surface area contributed by atoms with Gasteiger partial charge in [-0.15, -0.1) is 6.58 Å². The van der Waals surface area contributed by atoms with E-state index in [2.05, 4.69) is 6.58 Å². The summed E-state index contributed by atoms with van der Waals surface area (Å²) in [5.74, 6) is 1.77. The number of Topliss-reactive ketones (excluding diaryl/α,β-unsaturated/α-hetero) is 1. The largest absolute Gasteiger partial charge is 0.497 e. The summed E-state index contributed by atoms with van der Waals surface area (Å²) in [7, 11) is 3.30. The second-order valence-electron chi connectivity index (χ2n) is 6.51. The Morgan fingerprint density at radius 2 is 1.76 bits per heavy atom. The smallest absolute Gasteiger partial charge is 0.173 e. The Morgan fingerprint density at radius 1 is 1.08 bits per heavy atom. The first-order valence-electron chi connectivity index (χ1n) is 8.62. The lowest BCUT2D eigenvalue weighted by Gasteiger charge is -2.31. The highest BCUT2D eigenvalue weighted by Crippen LogP contribution is 2.41. The minimum absolute atomic E-state index is 0.174. The molecule has 0 fully saturated rings. The average molecular weight is 336 g/mol. The highest BCUT2D eigenvalue weighted by atomic mass is 16.5. The molecule has 1 unspecified atom stereocenters. The molecule has 0 aliphatic heterocycles.